The van der Waals surface area contributed by atoms with Gasteiger partial charge in [-0.2, -0.15) is 0 Å². The summed E-state index contributed by atoms with van der Waals surface area (Å²) in [6, 6.07) is 13.2. The van der Waals surface area contributed by atoms with Crippen LogP contribution in [0.5, 0.6) is 0 Å². The Morgan fingerprint density at radius 2 is 1.88 bits per heavy atom. The van der Waals surface area contributed by atoms with E-state index < -0.39 is 0 Å². The van der Waals surface area contributed by atoms with Gasteiger partial charge in [0.2, 0.25) is 0 Å². The van der Waals surface area contributed by atoms with Crippen LogP contribution in [0.1, 0.15) is 16.8 Å². The zero-order chi connectivity index (χ0) is 11.9. The second-order valence-corrected chi connectivity index (χ2v) is 3.30. The van der Waals surface area contributed by atoms with Gasteiger partial charge in [0.25, 0.3) is 0 Å². The minimum Gasteiger partial charge on any atom is -0.411 e. The van der Waals surface area contributed by atoms with Crippen molar-refractivity contribution in [1.82, 2.24) is 4.98 Å². The van der Waals surface area contributed by atoms with E-state index in [2.05, 4.69) is 22.0 Å². The van der Waals surface area contributed by atoms with Gasteiger partial charge >= 0.3 is 0 Å². The van der Waals surface area contributed by atoms with Crippen molar-refractivity contribution in [2.24, 2.45) is 5.16 Å². The molecule has 0 aliphatic heterocycles. The van der Waals surface area contributed by atoms with Gasteiger partial charge < -0.3 is 5.21 Å². The minimum atomic E-state index is 0.592. The summed E-state index contributed by atoms with van der Waals surface area (Å²) in [6.07, 6.45) is 2.98. The van der Waals surface area contributed by atoms with E-state index in [4.69, 9.17) is 5.21 Å². The predicted octanol–water partition coefficient (Wildman–Crippen LogP) is 2.29. The van der Waals surface area contributed by atoms with Gasteiger partial charge in [-0.25, -0.2) is 4.98 Å². The summed E-state index contributed by atoms with van der Waals surface area (Å²) in [5.41, 5.74) is 2.21. The van der Waals surface area contributed by atoms with Crippen LogP contribution in [0, 0.1) is 11.8 Å². The smallest absolute Gasteiger partial charge is 0.122 e. The van der Waals surface area contributed by atoms with Crippen LogP contribution in [-0.4, -0.2) is 16.4 Å². The van der Waals surface area contributed by atoms with Crippen molar-refractivity contribution >= 4 is 6.21 Å². The molecule has 3 heteroatoms. The Morgan fingerprint density at radius 1 is 1.06 bits per heavy atom. The Kier molecular flexibility index (Phi) is 3.51. The molecule has 0 saturated heterocycles. The molecule has 0 saturated carbocycles. The highest BCUT2D eigenvalue weighted by Crippen LogP contribution is 2.02. The fourth-order valence-electron chi connectivity index (χ4n) is 1.34. The molecule has 3 nitrogen and oxygen atoms in total. The number of hydrogen-bond donors (Lipinski definition) is 1. The van der Waals surface area contributed by atoms with Crippen molar-refractivity contribution in [2.75, 3.05) is 0 Å². The molecule has 1 N–H and O–H groups in total. The highest BCUT2D eigenvalue weighted by Gasteiger charge is 1.96. The first-order valence-corrected chi connectivity index (χ1v) is 5.09. The lowest BCUT2D eigenvalue weighted by molar-refractivity contribution is 0.322. The molecular formula is C14H10N2O. The lowest BCUT2D eigenvalue weighted by Gasteiger charge is -1.94. The van der Waals surface area contributed by atoms with Crippen molar-refractivity contribution in [3.05, 3.63) is 65.5 Å². The fraction of sp³-hybridized carbons (Fsp3) is 0. The molecule has 0 radical (unpaired) electrons. The Balaban J connectivity index is 2.34. The molecule has 0 amide bonds. The SMILES string of the molecule is O/N=C/c1cccnc1C#Cc1ccccc1. The molecule has 1 heterocycles. The van der Waals surface area contributed by atoms with E-state index in [-0.39, 0.29) is 0 Å². The van der Waals surface area contributed by atoms with E-state index >= 15 is 0 Å². The molecule has 0 aliphatic carbocycles. The Morgan fingerprint density at radius 3 is 2.65 bits per heavy atom. The molecule has 0 fully saturated rings. The van der Waals surface area contributed by atoms with E-state index in [1.165, 1.54) is 6.21 Å². The first-order chi connectivity index (χ1) is 8.40. The molecule has 0 bridgehead atoms. The Hall–Kier alpha value is -2.60. The predicted molar refractivity (Wildman–Crippen MR) is 66.0 cm³/mol. The summed E-state index contributed by atoms with van der Waals surface area (Å²) in [6.45, 7) is 0. The quantitative estimate of drug-likeness (QED) is 0.348. The van der Waals surface area contributed by atoms with Gasteiger partial charge in [-0.3, -0.25) is 0 Å². The monoisotopic (exact) mass is 222 g/mol. The Labute approximate surface area is 99.4 Å². The molecule has 2 aromatic rings. The number of oxime groups is 1. The minimum absolute atomic E-state index is 0.592. The third kappa shape index (κ3) is 2.93. The molecule has 0 atom stereocenters. The van der Waals surface area contributed by atoms with Crippen LogP contribution in [0.25, 0.3) is 0 Å². The number of benzene rings is 1. The average molecular weight is 222 g/mol. The van der Waals surface area contributed by atoms with Gasteiger partial charge in [-0.1, -0.05) is 29.3 Å². The van der Waals surface area contributed by atoms with Crippen LogP contribution in [0.4, 0.5) is 0 Å². The van der Waals surface area contributed by atoms with Crippen LogP contribution in [0.2, 0.25) is 0 Å². The molecule has 0 aliphatic rings. The van der Waals surface area contributed by atoms with Gasteiger partial charge in [0, 0.05) is 17.3 Å². The van der Waals surface area contributed by atoms with Crippen LogP contribution >= 0.6 is 0 Å². The topological polar surface area (TPSA) is 45.5 Å². The fourth-order valence-corrected chi connectivity index (χ4v) is 1.34. The van der Waals surface area contributed by atoms with Crippen LogP contribution < -0.4 is 0 Å². The van der Waals surface area contributed by atoms with E-state index in [1.807, 2.05) is 30.3 Å². The molecule has 1 aromatic carbocycles. The zero-order valence-electron chi connectivity index (χ0n) is 9.04. The second-order valence-electron chi connectivity index (χ2n) is 3.30. The standard InChI is InChI=1S/C14H10N2O/c17-16-11-13-7-4-10-15-14(13)9-8-12-5-2-1-3-6-12/h1-7,10-11,17H/b16-11+. The van der Waals surface area contributed by atoms with E-state index in [1.54, 1.807) is 18.3 Å². The number of nitrogens with zero attached hydrogens (tertiary/aromatic N) is 2. The lowest BCUT2D eigenvalue weighted by Crippen LogP contribution is -1.91. The third-order valence-corrected chi connectivity index (χ3v) is 2.13. The molecule has 82 valence electrons. The van der Waals surface area contributed by atoms with Gasteiger partial charge in [-0.15, -0.1) is 0 Å². The number of pyridine rings is 1. The third-order valence-electron chi connectivity index (χ3n) is 2.13. The molecule has 0 spiro atoms. The van der Waals surface area contributed by atoms with Gasteiger partial charge in [-0.05, 0) is 30.2 Å². The molecule has 2 rings (SSSR count). The van der Waals surface area contributed by atoms with Crippen LogP contribution in [0.3, 0.4) is 0 Å². The van der Waals surface area contributed by atoms with E-state index in [9.17, 15) is 0 Å². The normalized spacial score (nSPS) is 9.88. The van der Waals surface area contributed by atoms with Gasteiger partial charge in [0.15, 0.2) is 0 Å². The van der Waals surface area contributed by atoms with Gasteiger partial charge in [0.1, 0.15) is 5.69 Å². The largest absolute Gasteiger partial charge is 0.411 e. The number of aromatic nitrogens is 1. The van der Waals surface area contributed by atoms with E-state index in [0.29, 0.717) is 11.3 Å². The maximum absolute atomic E-state index is 8.52. The molecule has 0 unspecified atom stereocenters. The number of rotatable bonds is 1. The maximum Gasteiger partial charge on any atom is 0.122 e. The summed E-state index contributed by atoms with van der Waals surface area (Å²) in [7, 11) is 0. The molecule has 1 aromatic heterocycles. The van der Waals surface area contributed by atoms with Crippen molar-refractivity contribution in [3.8, 4) is 11.8 Å². The van der Waals surface area contributed by atoms with Crippen LogP contribution in [0.15, 0.2) is 53.8 Å². The van der Waals surface area contributed by atoms with Crippen LogP contribution in [-0.2, 0) is 0 Å². The first kappa shape index (κ1) is 10.9. The highest BCUT2D eigenvalue weighted by molar-refractivity contribution is 5.82. The summed E-state index contributed by atoms with van der Waals surface area (Å²) < 4.78 is 0. The molecule has 17 heavy (non-hydrogen) atoms. The first-order valence-electron chi connectivity index (χ1n) is 5.09. The Bertz CT molecular complexity index is 580. The zero-order valence-corrected chi connectivity index (χ0v) is 9.04. The van der Waals surface area contributed by atoms with Gasteiger partial charge in [0.05, 0.1) is 6.21 Å². The number of hydrogen-bond acceptors (Lipinski definition) is 3. The lowest BCUT2D eigenvalue weighted by atomic mass is 10.2. The summed E-state index contributed by atoms with van der Waals surface area (Å²) in [5, 5.41) is 11.5. The molecular weight excluding hydrogens is 212 g/mol. The van der Waals surface area contributed by atoms with E-state index in [0.717, 1.165) is 5.56 Å². The maximum atomic E-state index is 8.52. The summed E-state index contributed by atoms with van der Waals surface area (Å²) in [4.78, 5) is 4.14. The highest BCUT2D eigenvalue weighted by atomic mass is 16.4. The van der Waals surface area contributed by atoms with Crippen molar-refractivity contribution < 1.29 is 5.21 Å². The van der Waals surface area contributed by atoms with Crippen molar-refractivity contribution in [1.29, 1.82) is 0 Å². The summed E-state index contributed by atoms with van der Waals surface area (Å²) in [5.74, 6) is 5.95. The van der Waals surface area contributed by atoms with Crippen molar-refractivity contribution in [2.45, 2.75) is 0 Å². The second kappa shape index (κ2) is 5.47. The average Bonchev–Trinajstić information content (AvgIpc) is 2.39. The summed E-state index contributed by atoms with van der Waals surface area (Å²) >= 11 is 0. The van der Waals surface area contributed by atoms with Crippen molar-refractivity contribution in [3.63, 3.8) is 0 Å².